The molecule has 2 N–H and O–H groups in total. The van der Waals surface area contributed by atoms with E-state index >= 15 is 0 Å². The van der Waals surface area contributed by atoms with Crippen LogP contribution in [0.25, 0.3) is 0 Å². The van der Waals surface area contributed by atoms with E-state index in [1.54, 1.807) is 6.20 Å². The molecule has 0 saturated carbocycles. The van der Waals surface area contributed by atoms with Crippen molar-refractivity contribution in [2.75, 3.05) is 10.6 Å². The molecule has 25 heavy (non-hydrogen) atoms. The number of benzene rings is 2. The van der Waals surface area contributed by atoms with E-state index in [1.165, 1.54) is 11.1 Å². The average Bonchev–Trinajstić information content (AvgIpc) is 3.00. The first-order chi connectivity index (χ1) is 12.0. The predicted molar refractivity (Wildman–Crippen MR) is 109 cm³/mol. The maximum absolute atomic E-state index is 6.19. The van der Waals surface area contributed by atoms with Gasteiger partial charge in [-0.25, -0.2) is 0 Å². The monoisotopic (exact) mass is 370 g/mol. The normalized spacial score (nSPS) is 10.5. The summed E-state index contributed by atoms with van der Waals surface area (Å²) in [6.07, 6.45) is 3.64. The van der Waals surface area contributed by atoms with Crippen LogP contribution in [0.4, 0.5) is 11.4 Å². The molecule has 0 amide bonds. The second-order valence-corrected chi connectivity index (χ2v) is 6.71. The SMILES string of the molecule is Cc1ccc(NC(=S)Nc2cnn(Cc3ccccc3Cl)c2)cc1C. The molecular formula is C19H19ClN4S. The third-order valence-corrected chi connectivity index (χ3v) is 4.52. The highest BCUT2D eigenvalue weighted by Crippen LogP contribution is 2.17. The van der Waals surface area contributed by atoms with Crippen LogP contribution in [0.2, 0.25) is 5.02 Å². The van der Waals surface area contributed by atoms with Crippen LogP contribution in [0, 0.1) is 13.8 Å². The Morgan fingerprint density at radius 3 is 2.60 bits per heavy atom. The van der Waals surface area contributed by atoms with E-state index in [0.29, 0.717) is 11.7 Å². The fourth-order valence-corrected chi connectivity index (χ4v) is 2.86. The zero-order valence-electron chi connectivity index (χ0n) is 14.1. The number of rotatable bonds is 4. The third-order valence-electron chi connectivity index (χ3n) is 3.95. The van der Waals surface area contributed by atoms with E-state index in [4.69, 9.17) is 23.8 Å². The minimum Gasteiger partial charge on any atom is -0.332 e. The molecule has 0 atom stereocenters. The van der Waals surface area contributed by atoms with E-state index < -0.39 is 0 Å². The quantitative estimate of drug-likeness (QED) is 0.633. The Morgan fingerprint density at radius 2 is 1.84 bits per heavy atom. The van der Waals surface area contributed by atoms with Crippen molar-refractivity contribution < 1.29 is 0 Å². The number of aryl methyl sites for hydroxylation is 2. The summed E-state index contributed by atoms with van der Waals surface area (Å²) in [6.45, 7) is 4.78. The van der Waals surface area contributed by atoms with Crippen molar-refractivity contribution in [3.05, 3.63) is 76.6 Å². The second kappa shape index (κ2) is 7.68. The second-order valence-electron chi connectivity index (χ2n) is 5.90. The van der Waals surface area contributed by atoms with Gasteiger partial charge in [0.05, 0.1) is 18.4 Å². The molecule has 2 aromatic carbocycles. The zero-order valence-corrected chi connectivity index (χ0v) is 15.7. The molecule has 1 aromatic heterocycles. The number of nitrogens with one attached hydrogen (secondary N) is 2. The number of halogens is 1. The molecule has 0 radical (unpaired) electrons. The van der Waals surface area contributed by atoms with Gasteiger partial charge in [0.1, 0.15) is 0 Å². The maximum Gasteiger partial charge on any atom is 0.175 e. The molecule has 0 fully saturated rings. The van der Waals surface area contributed by atoms with Crippen molar-refractivity contribution >= 4 is 40.3 Å². The van der Waals surface area contributed by atoms with Gasteiger partial charge in [-0.2, -0.15) is 5.10 Å². The van der Waals surface area contributed by atoms with E-state index in [2.05, 4.69) is 41.7 Å². The Hall–Kier alpha value is -2.37. The van der Waals surface area contributed by atoms with Gasteiger partial charge in [0.2, 0.25) is 0 Å². The van der Waals surface area contributed by atoms with Crippen LogP contribution in [0.5, 0.6) is 0 Å². The summed E-state index contributed by atoms with van der Waals surface area (Å²) >= 11 is 11.6. The Balaban J connectivity index is 1.61. The van der Waals surface area contributed by atoms with Gasteiger partial charge in [-0.1, -0.05) is 35.9 Å². The molecule has 128 valence electrons. The number of aromatic nitrogens is 2. The molecule has 0 unspecified atom stereocenters. The van der Waals surface area contributed by atoms with Crippen LogP contribution < -0.4 is 10.6 Å². The summed E-state index contributed by atoms with van der Waals surface area (Å²) in [4.78, 5) is 0. The van der Waals surface area contributed by atoms with E-state index in [1.807, 2.05) is 41.2 Å². The van der Waals surface area contributed by atoms with Crippen molar-refractivity contribution in [2.45, 2.75) is 20.4 Å². The first-order valence-corrected chi connectivity index (χ1v) is 8.71. The number of nitrogens with zero attached hydrogens (tertiary/aromatic N) is 2. The molecule has 0 spiro atoms. The number of thiocarbonyl (C=S) groups is 1. The van der Waals surface area contributed by atoms with Gasteiger partial charge >= 0.3 is 0 Å². The van der Waals surface area contributed by atoms with Crippen LogP contribution in [-0.4, -0.2) is 14.9 Å². The van der Waals surface area contributed by atoms with E-state index in [-0.39, 0.29) is 0 Å². The lowest BCUT2D eigenvalue weighted by Crippen LogP contribution is -2.18. The molecule has 3 rings (SSSR count). The lowest BCUT2D eigenvalue weighted by Gasteiger charge is -2.10. The minimum absolute atomic E-state index is 0.528. The fourth-order valence-electron chi connectivity index (χ4n) is 2.43. The third kappa shape index (κ3) is 4.59. The average molecular weight is 371 g/mol. The maximum atomic E-state index is 6.19. The van der Waals surface area contributed by atoms with Gasteiger partial charge in [-0.3, -0.25) is 4.68 Å². The highest BCUT2D eigenvalue weighted by atomic mass is 35.5. The van der Waals surface area contributed by atoms with Crippen molar-refractivity contribution in [3.63, 3.8) is 0 Å². The highest BCUT2D eigenvalue weighted by molar-refractivity contribution is 7.80. The zero-order chi connectivity index (χ0) is 17.8. The summed E-state index contributed by atoms with van der Waals surface area (Å²) < 4.78 is 1.82. The van der Waals surface area contributed by atoms with Gasteiger partial charge in [0, 0.05) is 16.9 Å². The van der Waals surface area contributed by atoms with Gasteiger partial charge in [0.15, 0.2) is 5.11 Å². The molecule has 6 heteroatoms. The van der Waals surface area contributed by atoms with E-state index in [0.717, 1.165) is 22.0 Å². The highest BCUT2D eigenvalue weighted by Gasteiger charge is 2.05. The van der Waals surface area contributed by atoms with Crippen molar-refractivity contribution in [2.24, 2.45) is 0 Å². The van der Waals surface area contributed by atoms with Gasteiger partial charge in [-0.15, -0.1) is 0 Å². The van der Waals surface area contributed by atoms with Crippen molar-refractivity contribution in [3.8, 4) is 0 Å². The van der Waals surface area contributed by atoms with Gasteiger partial charge < -0.3 is 10.6 Å². The summed E-state index contributed by atoms with van der Waals surface area (Å²) in [5.41, 5.74) is 5.29. The molecule has 0 bridgehead atoms. The van der Waals surface area contributed by atoms with Crippen LogP contribution in [0.1, 0.15) is 16.7 Å². The summed E-state index contributed by atoms with van der Waals surface area (Å²) in [5.74, 6) is 0. The van der Waals surface area contributed by atoms with Crippen LogP contribution in [-0.2, 0) is 6.54 Å². The standard InChI is InChI=1S/C19H19ClN4S/c1-13-7-8-16(9-14(13)2)22-19(25)23-17-10-21-24(12-17)11-15-5-3-4-6-18(15)20/h3-10,12H,11H2,1-2H3,(H2,22,23,25). The number of hydrogen-bond acceptors (Lipinski definition) is 2. The Labute approximate surface area is 157 Å². The van der Waals surface area contributed by atoms with Gasteiger partial charge in [0.25, 0.3) is 0 Å². The topological polar surface area (TPSA) is 41.9 Å². The molecule has 0 aliphatic rings. The van der Waals surface area contributed by atoms with Crippen LogP contribution >= 0.6 is 23.8 Å². The van der Waals surface area contributed by atoms with Crippen LogP contribution in [0.3, 0.4) is 0 Å². The van der Waals surface area contributed by atoms with Crippen molar-refractivity contribution in [1.29, 1.82) is 0 Å². The first-order valence-electron chi connectivity index (χ1n) is 7.92. The molecule has 0 saturated heterocycles. The van der Waals surface area contributed by atoms with Crippen LogP contribution in [0.15, 0.2) is 54.9 Å². The molecule has 4 nitrogen and oxygen atoms in total. The molecule has 3 aromatic rings. The lowest BCUT2D eigenvalue weighted by atomic mass is 10.1. The number of anilines is 2. The Bertz CT molecular complexity index is 904. The molecule has 1 heterocycles. The van der Waals surface area contributed by atoms with E-state index in [9.17, 15) is 0 Å². The smallest absolute Gasteiger partial charge is 0.175 e. The summed E-state index contributed by atoms with van der Waals surface area (Å²) in [5, 5.41) is 11.9. The van der Waals surface area contributed by atoms with Crippen molar-refractivity contribution in [1.82, 2.24) is 9.78 Å². The largest absolute Gasteiger partial charge is 0.332 e. The Morgan fingerprint density at radius 1 is 1.08 bits per heavy atom. The lowest BCUT2D eigenvalue weighted by molar-refractivity contribution is 0.687. The minimum atomic E-state index is 0.528. The molecular weight excluding hydrogens is 352 g/mol. The molecule has 0 aliphatic carbocycles. The predicted octanol–water partition coefficient (Wildman–Crippen LogP) is 5.01. The summed E-state index contributed by atoms with van der Waals surface area (Å²) in [7, 11) is 0. The Kier molecular flexibility index (Phi) is 5.36. The first kappa shape index (κ1) is 17.5. The number of hydrogen-bond donors (Lipinski definition) is 2. The fraction of sp³-hybridized carbons (Fsp3) is 0.158. The molecule has 0 aliphatic heterocycles. The summed E-state index contributed by atoms with van der Waals surface area (Å²) in [6, 6.07) is 13.9. The van der Waals surface area contributed by atoms with Gasteiger partial charge in [-0.05, 0) is 61.0 Å².